The summed E-state index contributed by atoms with van der Waals surface area (Å²) in [5.74, 6) is -0.977. The van der Waals surface area contributed by atoms with Crippen molar-refractivity contribution in [1.29, 1.82) is 0 Å². The third-order valence-corrected chi connectivity index (χ3v) is 8.03. The summed E-state index contributed by atoms with van der Waals surface area (Å²) in [6.07, 6.45) is -0.965. The van der Waals surface area contributed by atoms with E-state index in [0.717, 1.165) is 0 Å². The van der Waals surface area contributed by atoms with E-state index in [2.05, 4.69) is 20.8 Å². The molecule has 6 heteroatoms. The Labute approximate surface area is 117 Å². The van der Waals surface area contributed by atoms with Crippen LogP contribution < -0.4 is 0 Å². The fourth-order valence-electron chi connectivity index (χ4n) is 1.10. The summed E-state index contributed by atoms with van der Waals surface area (Å²) < 4.78 is 16.3. The molecule has 0 unspecified atom stereocenters. The number of carboxylic acid groups (broad SMARTS) is 1. The van der Waals surface area contributed by atoms with Crippen LogP contribution in [0.25, 0.3) is 0 Å². The molecule has 114 valence electrons. The van der Waals surface area contributed by atoms with Gasteiger partial charge < -0.3 is 19.0 Å². The van der Waals surface area contributed by atoms with E-state index in [4.69, 9.17) is 13.9 Å². The quantitative estimate of drug-likeness (QED) is 0.696. The van der Waals surface area contributed by atoms with Gasteiger partial charge in [0.15, 0.2) is 14.4 Å². The van der Waals surface area contributed by atoms with E-state index >= 15 is 0 Å². The smallest absolute Gasteiger partial charge is 0.334 e. The van der Waals surface area contributed by atoms with Crippen molar-refractivity contribution < 1.29 is 23.8 Å². The van der Waals surface area contributed by atoms with Crippen molar-refractivity contribution in [3.8, 4) is 0 Å². The average molecular weight is 292 g/mol. The van der Waals surface area contributed by atoms with Gasteiger partial charge in [-0.05, 0) is 25.1 Å². The molecule has 0 aliphatic rings. The van der Waals surface area contributed by atoms with Gasteiger partial charge in [0.1, 0.15) is 0 Å². The largest absolute Gasteiger partial charge is 0.479 e. The summed E-state index contributed by atoms with van der Waals surface area (Å²) in [5.41, 5.74) is 0. The third kappa shape index (κ3) is 6.51. The van der Waals surface area contributed by atoms with Crippen LogP contribution in [0.15, 0.2) is 0 Å². The van der Waals surface area contributed by atoms with Crippen LogP contribution >= 0.6 is 0 Å². The average Bonchev–Trinajstić information content (AvgIpc) is 2.25. The van der Waals surface area contributed by atoms with Gasteiger partial charge in [0, 0.05) is 7.11 Å². The lowest BCUT2D eigenvalue weighted by molar-refractivity contribution is -0.149. The molecule has 0 bridgehead atoms. The molecule has 0 fully saturated rings. The van der Waals surface area contributed by atoms with Crippen molar-refractivity contribution in [1.82, 2.24) is 0 Å². The lowest BCUT2D eigenvalue weighted by Gasteiger charge is -2.38. The van der Waals surface area contributed by atoms with Crippen LogP contribution in [0, 0.1) is 0 Å². The highest BCUT2D eigenvalue weighted by molar-refractivity contribution is 6.74. The summed E-state index contributed by atoms with van der Waals surface area (Å²) in [6, 6.07) is 0. The molecule has 5 nitrogen and oxygen atoms in total. The molecule has 2 atom stereocenters. The SMILES string of the molecule is CO[C@H](C)COC[C@H](O[Si](C)(C)C(C)(C)C)C(=O)O. The van der Waals surface area contributed by atoms with Crippen molar-refractivity contribution in [3.63, 3.8) is 0 Å². The second-order valence-electron chi connectivity index (χ2n) is 6.29. The highest BCUT2D eigenvalue weighted by Crippen LogP contribution is 2.37. The molecule has 0 heterocycles. The van der Waals surface area contributed by atoms with Gasteiger partial charge in [0.2, 0.25) is 0 Å². The number of ether oxygens (including phenoxy) is 2. The van der Waals surface area contributed by atoms with Gasteiger partial charge in [-0.3, -0.25) is 0 Å². The normalized spacial score (nSPS) is 16.2. The molecule has 0 aliphatic carbocycles. The highest BCUT2D eigenvalue weighted by Gasteiger charge is 2.40. The Morgan fingerprint density at radius 3 is 2.16 bits per heavy atom. The van der Waals surface area contributed by atoms with Gasteiger partial charge in [-0.25, -0.2) is 4.79 Å². The maximum atomic E-state index is 11.2. The fourth-order valence-corrected chi connectivity index (χ4v) is 2.33. The summed E-state index contributed by atoms with van der Waals surface area (Å²) in [7, 11) is -0.516. The molecule has 0 aliphatic heterocycles. The minimum atomic E-state index is -2.11. The summed E-state index contributed by atoms with van der Waals surface area (Å²) >= 11 is 0. The van der Waals surface area contributed by atoms with Gasteiger partial charge >= 0.3 is 5.97 Å². The second kappa shape index (κ2) is 7.38. The van der Waals surface area contributed by atoms with E-state index in [9.17, 15) is 9.90 Å². The minimum Gasteiger partial charge on any atom is -0.479 e. The van der Waals surface area contributed by atoms with Gasteiger partial charge in [-0.2, -0.15) is 0 Å². The van der Waals surface area contributed by atoms with Crippen LogP contribution in [0.2, 0.25) is 18.1 Å². The number of rotatable bonds is 8. The van der Waals surface area contributed by atoms with Crippen LogP contribution in [0.1, 0.15) is 27.7 Å². The Kier molecular flexibility index (Phi) is 7.21. The zero-order chi connectivity index (χ0) is 15.3. The zero-order valence-electron chi connectivity index (χ0n) is 13.1. The lowest BCUT2D eigenvalue weighted by Crippen LogP contribution is -2.47. The van der Waals surface area contributed by atoms with E-state index in [-0.39, 0.29) is 17.7 Å². The van der Waals surface area contributed by atoms with E-state index in [1.807, 2.05) is 20.0 Å². The molecule has 0 radical (unpaired) electrons. The standard InChI is InChI=1S/C13H28O5Si/c1-10(16-5)8-17-9-11(12(14)15)18-19(6,7)13(2,3)4/h10-11H,8-9H2,1-7H3,(H,14,15)/t10-,11+/m1/s1. The molecule has 0 aromatic carbocycles. The van der Waals surface area contributed by atoms with Crippen LogP contribution in [0.5, 0.6) is 0 Å². The predicted molar refractivity (Wildman–Crippen MR) is 77.0 cm³/mol. The zero-order valence-corrected chi connectivity index (χ0v) is 14.1. The molecule has 1 N–H and O–H groups in total. The van der Waals surface area contributed by atoms with Crippen molar-refractivity contribution in [2.24, 2.45) is 0 Å². The summed E-state index contributed by atoms with van der Waals surface area (Å²) in [4.78, 5) is 11.2. The second-order valence-corrected chi connectivity index (χ2v) is 11.0. The molecule has 0 saturated heterocycles. The Hall–Kier alpha value is -0.433. The first-order valence-electron chi connectivity index (χ1n) is 6.52. The first-order valence-corrected chi connectivity index (χ1v) is 9.43. The topological polar surface area (TPSA) is 65.0 Å². The summed E-state index contributed by atoms with van der Waals surface area (Å²) in [6.45, 7) is 12.6. The number of aliphatic carboxylic acids is 1. The van der Waals surface area contributed by atoms with Gasteiger partial charge in [-0.1, -0.05) is 20.8 Å². The van der Waals surface area contributed by atoms with Crippen LogP contribution in [0.3, 0.4) is 0 Å². The highest BCUT2D eigenvalue weighted by atomic mass is 28.4. The number of hydrogen-bond donors (Lipinski definition) is 1. The Morgan fingerprint density at radius 2 is 1.79 bits per heavy atom. The van der Waals surface area contributed by atoms with Crippen LogP contribution in [-0.2, 0) is 18.7 Å². The van der Waals surface area contributed by atoms with Crippen molar-refractivity contribution in [3.05, 3.63) is 0 Å². The van der Waals surface area contributed by atoms with Crippen LogP contribution in [0.4, 0.5) is 0 Å². The predicted octanol–water partition coefficient (Wildman–Crippen LogP) is 2.51. The Balaban J connectivity index is 4.47. The fraction of sp³-hybridized carbons (Fsp3) is 0.923. The number of hydrogen-bond acceptors (Lipinski definition) is 4. The van der Waals surface area contributed by atoms with Crippen molar-refractivity contribution in [2.45, 2.75) is 58.0 Å². The molecule has 0 aromatic rings. The monoisotopic (exact) mass is 292 g/mol. The third-order valence-electron chi connectivity index (χ3n) is 3.54. The minimum absolute atomic E-state index is 0.0273. The van der Waals surface area contributed by atoms with Crippen LogP contribution in [-0.4, -0.2) is 51.9 Å². The van der Waals surface area contributed by atoms with E-state index in [0.29, 0.717) is 6.61 Å². The molecule has 0 amide bonds. The maximum absolute atomic E-state index is 11.2. The molecular weight excluding hydrogens is 264 g/mol. The molecular formula is C13H28O5Si. The van der Waals surface area contributed by atoms with Crippen molar-refractivity contribution in [2.75, 3.05) is 20.3 Å². The Bertz CT molecular complexity index is 285. The van der Waals surface area contributed by atoms with Gasteiger partial charge in [-0.15, -0.1) is 0 Å². The maximum Gasteiger partial charge on any atom is 0.334 e. The van der Waals surface area contributed by atoms with Gasteiger partial charge in [0.25, 0.3) is 0 Å². The first kappa shape index (κ1) is 18.6. The number of methoxy groups -OCH3 is 1. The molecule has 0 saturated carbocycles. The number of carboxylic acids is 1. The molecule has 0 spiro atoms. The first-order chi connectivity index (χ1) is 8.51. The molecule has 0 rings (SSSR count). The Morgan fingerprint density at radius 1 is 1.26 bits per heavy atom. The van der Waals surface area contributed by atoms with E-state index in [1.54, 1.807) is 7.11 Å². The van der Waals surface area contributed by atoms with Crippen molar-refractivity contribution >= 4 is 14.3 Å². The van der Waals surface area contributed by atoms with E-state index < -0.39 is 20.4 Å². The molecule has 19 heavy (non-hydrogen) atoms. The molecule has 0 aromatic heterocycles. The van der Waals surface area contributed by atoms with E-state index in [1.165, 1.54) is 0 Å². The summed E-state index contributed by atoms with van der Waals surface area (Å²) in [5, 5.41) is 9.18. The van der Waals surface area contributed by atoms with Gasteiger partial charge in [0.05, 0.1) is 19.3 Å². The lowest BCUT2D eigenvalue weighted by atomic mass is 10.2. The number of carbonyl (C=O) groups is 1.